The van der Waals surface area contributed by atoms with E-state index in [1.54, 1.807) is 37.3 Å². The van der Waals surface area contributed by atoms with Crippen LogP contribution in [0.25, 0.3) is 5.57 Å². The SMILES string of the molecule is CC(C)Oc1cccc(C(C)NC(=O)/C=C(/c2ccccc2)C(F)(F)F)c1. The van der Waals surface area contributed by atoms with E-state index in [2.05, 4.69) is 5.32 Å². The van der Waals surface area contributed by atoms with Gasteiger partial charge in [-0.1, -0.05) is 42.5 Å². The van der Waals surface area contributed by atoms with Crippen LogP contribution in [-0.2, 0) is 4.79 Å². The Balaban J connectivity index is 2.18. The second kappa shape index (κ2) is 8.75. The van der Waals surface area contributed by atoms with Crippen LogP contribution in [0.4, 0.5) is 13.2 Å². The molecule has 0 bridgehead atoms. The van der Waals surface area contributed by atoms with Crippen LogP contribution >= 0.6 is 0 Å². The Hall–Kier alpha value is -2.76. The molecular formula is C21H22F3NO2. The number of nitrogens with one attached hydrogen (secondary N) is 1. The number of carbonyl (C=O) groups is 1. The van der Waals surface area contributed by atoms with Crippen LogP contribution in [0.3, 0.4) is 0 Å². The molecule has 6 heteroatoms. The monoisotopic (exact) mass is 377 g/mol. The largest absolute Gasteiger partial charge is 0.491 e. The first kappa shape index (κ1) is 20.6. The van der Waals surface area contributed by atoms with Gasteiger partial charge < -0.3 is 10.1 Å². The predicted molar refractivity (Wildman–Crippen MR) is 99.2 cm³/mol. The highest BCUT2D eigenvalue weighted by molar-refractivity contribution is 5.96. The summed E-state index contributed by atoms with van der Waals surface area (Å²) in [6.45, 7) is 5.49. The minimum absolute atomic E-state index is 0.00621. The van der Waals surface area contributed by atoms with E-state index in [0.29, 0.717) is 11.8 Å². The van der Waals surface area contributed by atoms with Crippen molar-refractivity contribution < 1.29 is 22.7 Å². The number of carbonyl (C=O) groups excluding carboxylic acids is 1. The molecule has 3 nitrogen and oxygen atoms in total. The zero-order chi connectivity index (χ0) is 20.0. The summed E-state index contributed by atoms with van der Waals surface area (Å²) in [6.07, 6.45) is -4.04. The van der Waals surface area contributed by atoms with Crippen LogP contribution < -0.4 is 10.1 Å². The van der Waals surface area contributed by atoms with Crippen molar-refractivity contribution in [3.05, 3.63) is 71.8 Å². The van der Waals surface area contributed by atoms with E-state index in [0.717, 1.165) is 5.56 Å². The van der Waals surface area contributed by atoms with Gasteiger partial charge in [-0.2, -0.15) is 13.2 Å². The number of halogens is 3. The molecule has 2 aromatic rings. The van der Waals surface area contributed by atoms with E-state index in [4.69, 9.17) is 4.74 Å². The van der Waals surface area contributed by atoms with E-state index in [1.165, 1.54) is 24.3 Å². The summed E-state index contributed by atoms with van der Waals surface area (Å²) in [4.78, 5) is 12.2. The van der Waals surface area contributed by atoms with Gasteiger partial charge in [0, 0.05) is 6.08 Å². The fourth-order valence-electron chi connectivity index (χ4n) is 2.55. The lowest BCUT2D eigenvalue weighted by molar-refractivity contribution is -0.117. The van der Waals surface area contributed by atoms with E-state index in [9.17, 15) is 18.0 Å². The van der Waals surface area contributed by atoms with Gasteiger partial charge in [0.2, 0.25) is 5.91 Å². The normalized spacial score (nSPS) is 13.4. The van der Waals surface area contributed by atoms with Crippen molar-refractivity contribution in [1.82, 2.24) is 5.32 Å². The first-order valence-electron chi connectivity index (χ1n) is 8.58. The average Bonchev–Trinajstić information content (AvgIpc) is 2.59. The summed E-state index contributed by atoms with van der Waals surface area (Å²) >= 11 is 0. The van der Waals surface area contributed by atoms with Crippen LogP contribution in [0.2, 0.25) is 0 Å². The quantitative estimate of drug-likeness (QED) is 0.694. The Bertz CT molecular complexity index is 799. The summed E-state index contributed by atoms with van der Waals surface area (Å²) in [5.41, 5.74) is -0.298. The van der Waals surface area contributed by atoms with Crippen LogP contribution in [0, 0.1) is 0 Å². The fourth-order valence-corrected chi connectivity index (χ4v) is 2.55. The topological polar surface area (TPSA) is 38.3 Å². The molecule has 0 aromatic heterocycles. The number of allylic oxidation sites excluding steroid dienone is 1. The molecule has 0 heterocycles. The van der Waals surface area contributed by atoms with Gasteiger partial charge in [0.15, 0.2) is 0 Å². The van der Waals surface area contributed by atoms with E-state index < -0.39 is 23.7 Å². The van der Waals surface area contributed by atoms with Crippen LogP contribution in [0.15, 0.2) is 60.7 Å². The summed E-state index contributed by atoms with van der Waals surface area (Å²) in [7, 11) is 0. The molecule has 0 saturated carbocycles. The minimum Gasteiger partial charge on any atom is -0.491 e. The number of hydrogen-bond acceptors (Lipinski definition) is 2. The van der Waals surface area contributed by atoms with Crippen molar-refractivity contribution in [2.24, 2.45) is 0 Å². The number of rotatable bonds is 6. The summed E-state index contributed by atoms with van der Waals surface area (Å²) < 4.78 is 45.6. The molecule has 0 aliphatic rings. The van der Waals surface area contributed by atoms with Crippen molar-refractivity contribution in [2.45, 2.75) is 39.1 Å². The lowest BCUT2D eigenvalue weighted by atomic mass is 10.0. The molecule has 1 unspecified atom stereocenters. The first-order valence-corrected chi connectivity index (χ1v) is 8.58. The lowest BCUT2D eigenvalue weighted by Crippen LogP contribution is -2.26. The van der Waals surface area contributed by atoms with Gasteiger partial charge in [0.05, 0.1) is 17.7 Å². The molecule has 27 heavy (non-hydrogen) atoms. The Morgan fingerprint density at radius 1 is 1.04 bits per heavy atom. The van der Waals surface area contributed by atoms with Gasteiger partial charge in [-0.25, -0.2) is 0 Å². The average molecular weight is 377 g/mol. The predicted octanol–water partition coefficient (Wildman–Crippen LogP) is 5.30. The molecule has 0 spiro atoms. The Labute approximate surface area is 156 Å². The maximum absolute atomic E-state index is 13.3. The number of ether oxygens (including phenoxy) is 1. The van der Waals surface area contributed by atoms with Gasteiger partial charge in [0.25, 0.3) is 0 Å². The molecule has 0 aliphatic heterocycles. The van der Waals surface area contributed by atoms with Gasteiger partial charge in [-0.05, 0) is 44.0 Å². The standard InChI is InChI=1S/C21H22F3NO2/c1-14(2)27-18-11-7-10-17(12-18)15(3)25-20(26)13-19(21(22,23)24)16-8-5-4-6-9-16/h4-15H,1-3H3,(H,25,26)/b19-13-. The van der Waals surface area contributed by atoms with Crippen molar-refractivity contribution in [3.8, 4) is 5.75 Å². The molecule has 2 rings (SSSR count). The second-order valence-electron chi connectivity index (χ2n) is 6.39. The molecule has 144 valence electrons. The maximum atomic E-state index is 13.3. The molecule has 1 N–H and O–H groups in total. The minimum atomic E-state index is -4.63. The van der Waals surface area contributed by atoms with Crippen molar-refractivity contribution in [2.75, 3.05) is 0 Å². The van der Waals surface area contributed by atoms with Gasteiger partial charge in [-0.15, -0.1) is 0 Å². The van der Waals surface area contributed by atoms with E-state index >= 15 is 0 Å². The highest BCUT2D eigenvalue weighted by atomic mass is 19.4. The summed E-state index contributed by atoms with van der Waals surface area (Å²) in [5, 5.41) is 2.58. The maximum Gasteiger partial charge on any atom is 0.417 e. The third kappa shape index (κ3) is 6.16. The number of amides is 1. The zero-order valence-corrected chi connectivity index (χ0v) is 15.4. The molecule has 0 fully saturated rings. The molecule has 1 amide bonds. The van der Waals surface area contributed by atoms with Crippen LogP contribution in [0.5, 0.6) is 5.75 Å². The molecule has 0 radical (unpaired) electrons. The van der Waals surface area contributed by atoms with Gasteiger partial charge in [-0.3, -0.25) is 4.79 Å². The van der Waals surface area contributed by atoms with Crippen molar-refractivity contribution >= 4 is 11.5 Å². The highest BCUT2D eigenvalue weighted by Gasteiger charge is 2.35. The first-order chi connectivity index (χ1) is 12.7. The molecule has 1 atom stereocenters. The lowest BCUT2D eigenvalue weighted by Gasteiger charge is -2.17. The third-order valence-electron chi connectivity index (χ3n) is 3.75. The van der Waals surface area contributed by atoms with Crippen LogP contribution in [0.1, 0.15) is 37.9 Å². The smallest absolute Gasteiger partial charge is 0.417 e. The number of benzene rings is 2. The zero-order valence-electron chi connectivity index (χ0n) is 15.4. The van der Waals surface area contributed by atoms with E-state index in [-0.39, 0.29) is 11.7 Å². The van der Waals surface area contributed by atoms with Crippen molar-refractivity contribution in [1.29, 1.82) is 0 Å². The molecule has 2 aromatic carbocycles. The highest BCUT2D eigenvalue weighted by Crippen LogP contribution is 2.33. The summed E-state index contributed by atoms with van der Waals surface area (Å²) in [6, 6.07) is 13.9. The van der Waals surface area contributed by atoms with Gasteiger partial charge >= 0.3 is 6.18 Å². The molecule has 0 aliphatic carbocycles. The molecule has 0 saturated heterocycles. The third-order valence-corrected chi connectivity index (χ3v) is 3.75. The van der Waals surface area contributed by atoms with E-state index in [1.807, 2.05) is 13.8 Å². The Morgan fingerprint density at radius 2 is 1.70 bits per heavy atom. The van der Waals surface area contributed by atoms with Crippen LogP contribution in [-0.4, -0.2) is 18.2 Å². The fraction of sp³-hybridized carbons (Fsp3) is 0.286. The number of alkyl halides is 3. The molecular weight excluding hydrogens is 355 g/mol. The summed E-state index contributed by atoms with van der Waals surface area (Å²) in [5.74, 6) is -0.173. The Kier molecular flexibility index (Phi) is 6.66. The second-order valence-corrected chi connectivity index (χ2v) is 6.39. The number of hydrogen-bond donors (Lipinski definition) is 1. The van der Waals surface area contributed by atoms with Gasteiger partial charge in [0.1, 0.15) is 5.75 Å². The Morgan fingerprint density at radius 3 is 2.30 bits per heavy atom. The van der Waals surface area contributed by atoms with Crippen molar-refractivity contribution in [3.63, 3.8) is 0 Å².